The van der Waals surface area contributed by atoms with Gasteiger partial charge in [0.05, 0.1) is 6.04 Å². The van der Waals surface area contributed by atoms with E-state index in [1.165, 1.54) is 0 Å². The third kappa shape index (κ3) is 3.18. The number of ether oxygens (including phenoxy) is 1. The molecular weight excluding hydrogens is 334 g/mol. The van der Waals surface area contributed by atoms with Gasteiger partial charge in [-0.1, -0.05) is 0 Å². The fraction of sp³-hybridized carbons (Fsp3) is 0.562. The number of alkyl halides is 1. The summed E-state index contributed by atoms with van der Waals surface area (Å²) in [6.07, 6.45) is 0.940. The highest BCUT2D eigenvalue weighted by Crippen LogP contribution is 2.41. The quantitative estimate of drug-likeness (QED) is 0.632. The van der Waals surface area contributed by atoms with Gasteiger partial charge in [-0.05, 0) is 43.1 Å². The predicted octanol–water partition coefficient (Wildman–Crippen LogP) is 2.32. The number of nitrogens with zero attached hydrogens (tertiary/aromatic N) is 2. The summed E-state index contributed by atoms with van der Waals surface area (Å²) in [7, 11) is 0. The second-order valence-electron chi connectivity index (χ2n) is 6.48. The number of amides is 1. The van der Waals surface area contributed by atoms with Crippen LogP contribution < -0.4 is 10.1 Å². The van der Waals surface area contributed by atoms with E-state index in [2.05, 4.69) is 15.6 Å². The Kier molecular flexibility index (Phi) is 4.64. The summed E-state index contributed by atoms with van der Waals surface area (Å²) in [6.45, 7) is 3.55. The molecule has 2 atom stereocenters. The van der Waals surface area contributed by atoms with Crippen LogP contribution in [0.3, 0.4) is 0 Å². The second kappa shape index (κ2) is 6.57. The lowest BCUT2D eigenvalue weighted by Crippen LogP contribution is -2.53. The zero-order valence-electron chi connectivity index (χ0n) is 13.6. The first-order valence-corrected chi connectivity index (χ1v) is 8.44. The summed E-state index contributed by atoms with van der Waals surface area (Å²) in [5.74, 6) is 0.950. The van der Waals surface area contributed by atoms with Gasteiger partial charge in [-0.3, -0.25) is 4.79 Å². The number of hydrogen-bond donors (Lipinski definition) is 2. The number of rotatable bonds is 5. The van der Waals surface area contributed by atoms with Crippen molar-refractivity contribution in [2.45, 2.75) is 50.9 Å². The van der Waals surface area contributed by atoms with E-state index in [0.717, 1.165) is 6.42 Å². The number of aromatic nitrogens is 2. The van der Waals surface area contributed by atoms with Gasteiger partial charge in [0.2, 0.25) is 5.91 Å². The smallest absolute Gasteiger partial charge is 0.220 e. The van der Waals surface area contributed by atoms with E-state index in [-0.39, 0.29) is 5.91 Å². The maximum atomic E-state index is 12.2. The minimum Gasteiger partial charge on any atom is -0.485 e. The van der Waals surface area contributed by atoms with Crippen LogP contribution in [0.5, 0.6) is 5.75 Å². The van der Waals surface area contributed by atoms with Gasteiger partial charge in [0.15, 0.2) is 0 Å². The largest absolute Gasteiger partial charge is 0.485 e. The Bertz CT molecular complexity index is 746. The molecule has 1 aliphatic rings. The molecule has 8 heteroatoms. The van der Waals surface area contributed by atoms with Crippen LogP contribution in [0.15, 0.2) is 16.8 Å². The minimum atomic E-state index is -0.903. The fourth-order valence-corrected chi connectivity index (χ4v) is 3.05. The van der Waals surface area contributed by atoms with Crippen molar-refractivity contribution in [3.63, 3.8) is 0 Å². The summed E-state index contributed by atoms with van der Waals surface area (Å²) in [4.78, 5) is 12.2. The van der Waals surface area contributed by atoms with Gasteiger partial charge in [-0.2, -0.15) is 0 Å². The molecule has 0 aliphatic carbocycles. The molecule has 1 aromatic carbocycles. The number of aliphatic hydroxyl groups excluding tert-OH is 1. The van der Waals surface area contributed by atoms with Crippen molar-refractivity contribution in [2.24, 2.45) is 0 Å². The standard InChI is InChI=1S/C16H20ClN3O4/c1-16(2)15(22)14(18-13(21)5-3-4-6-17)9-7-10-11(20-24-19-10)8-12(9)23-16/h7-8,14-15,22H,3-6H2,1-2H3,(H,18,21). The van der Waals surface area contributed by atoms with Gasteiger partial charge in [0.25, 0.3) is 0 Å². The summed E-state index contributed by atoms with van der Waals surface area (Å²) in [6, 6.07) is 2.85. The average Bonchev–Trinajstić information content (AvgIpc) is 2.97. The van der Waals surface area contributed by atoms with Crippen LogP contribution in [-0.2, 0) is 4.79 Å². The Morgan fingerprint density at radius 2 is 2.04 bits per heavy atom. The molecule has 24 heavy (non-hydrogen) atoms. The second-order valence-corrected chi connectivity index (χ2v) is 6.86. The van der Waals surface area contributed by atoms with Gasteiger partial charge in [0.1, 0.15) is 28.5 Å². The molecule has 2 unspecified atom stereocenters. The van der Waals surface area contributed by atoms with Crippen molar-refractivity contribution in [1.29, 1.82) is 0 Å². The van der Waals surface area contributed by atoms with Crippen LogP contribution >= 0.6 is 11.6 Å². The molecule has 0 saturated carbocycles. The highest BCUT2D eigenvalue weighted by atomic mass is 35.5. The van der Waals surface area contributed by atoms with Crippen molar-refractivity contribution in [3.8, 4) is 5.75 Å². The van der Waals surface area contributed by atoms with E-state index in [1.54, 1.807) is 26.0 Å². The van der Waals surface area contributed by atoms with Crippen LogP contribution in [0.1, 0.15) is 44.7 Å². The highest BCUT2D eigenvalue weighted by molar-refractivity contribution is 6.17. The molecule has 130 valence electrons. The molecule has 3 rings (SSSR count). The van der Waals surface area contributed by atoms with Gasteiger partial charge in [0, 0.05) is 23.9 Å². The van der Waals surface area contributed by atoms with E-state index < -0.39 is 17.7 Å². The molecule has 7 nitrogen and oxygen atoms in total. The van der Waals surface area contributed by atoms with E-state index in [0.29, 0.717) is 41.1 Å². The van der Waals surface area contributed by atoms with E-state index in [4.69, 9.17) is 21.0 Å². The number of carbonyl (C=O) groups excluding carboxylic acids is 1. The molecule has 0 fully saturated rings. The normalized spacial score (nSPS) is 22.0. The number of halogens is 1. The molecule has 0 radical (unpaired) electrons. The molecule has 1 aromatic heterocycles. The van der Waals surface area contributed by atoms with Crippen LogP contribution in [0.4, 0.5) is 0 Å². The summed E-state index contributed by atoms with van der Waals surface area (Å²) in [5, 5.41) is 21.2. The summed E-state index contributed by atoms with van der Waals surface area (Å²) >= 11 is 5.64. The van der Waals surface area contributed by atoms with Crippen LogP contribution in [-0.4, -0.2) is 38.9 Å². The Balaban J connectivity index is 1.90. The Morgan fingerprint density at radius 3 is 2.75 bits per heavy atom. The molecule has 2 N–H and O–H groups in total. The number of benzene rings is 1. The molecule has 1 amide bonds. The van der Waals surface area contributed by atoms with Crippen molar-refractivity contribution >= 4 is 28.5 Å². The van der Waals surface area contributed by atoms with Crippen LogP contribution in [0.25, 0.3) is 11.0 Å². The lowest BCUT2D eigenvalue weighted by atomic mass is 9.86. The Morgan fingerprint density at radius 1 is 1.33 bits per heavy atom. The van der Waals surface area contributed by atoms with Gasteiger partial charge in [-0.15, -0.1) is 11.6 Å². The number of unbranched alkanes of at least 4 members (excludes halogenated alkanes) is 1. The molecule has 2 aromatic rings. The first-order chi connectivity index (χ1) is 11.4. The maximum Gasteiger partial charge on any atom is 0.220 e. The zero-order valence-corrected chi connectivity index (χ0v) is 14.3. The topological polar surface area (TPSA) is 97.5 Å². The van der Waals surface area contributed by atoms with Gasteiger partial charge >= 0.3 is 0 Å². The molecule has 0 spiro atoms. The zero-order chi connectivity index (χ0) is 17.3. The minimum absolute atomic E-state index is 0.133. The van der Waals surface area contributed by atoms with Crippen LogP contribution in [0, 0.1) is 0 Å². The lowest BCUT2D eigenvalue weighted by Gasteiger charge is -2.42. The molecular formula is C16H20ClN3O4. The molecule has 1 aliphatic heterocycles. The predicted molar refractivity (Wildman–Crippen MR) is 88.0 cm³/mol. The number of aliphatic hydroxyl groups is 1. The van der Waals surface area contributed by atoms with Crippen molar-refractivity contribution in [1.82, 2.24) is 15.6 Å². The monoisotopic (exact) mass is 353 g/mol. The van der Waals surface area contributed by atoms with E-state index in [1.807, 2.05) is 0 Å². The summed E-state index contributed by atoms with van der Waals surface area (Å²) < 4.78 is 10.6. The maximum absolute atomic E-state index is 12.2. The third-order valence-corrected chi connectivity index (χ3v) is 4.49. The number of hydrogen-bond acceptors (Lipinski definition) is 6. The Labute approximate surface area is 144 Å². The molecule has 2 heterocycles. The SMILES string of the molecule is CC1(C)Oc2cc3nonc3cc2C(NC(=O)CCCCCl)C1O. The fourth-order valence-electron chi connectivity index (χ4n) is 2.86. The van der Waals surface area contributed by atoms with Crippen molar-refractivity contribution < 1.29 is 19.3 Å². The van der Waals surface area contributed by atoms with Crippen molar-refractivity contribution in [3.05, 3.63) is 17.7 Å². The lowest BCUT2D eigenvalue weighted by molar-refractivity contribution is -0.125. The summed E-state index contributed by atoms with van der Waals surface area (Å²) in [5.41, 5.74) is 0.917. The van der Waals surface area contributed by atoms with Crippen LogP contribution in [0.2, 0.25) is 0 Å². The van der Waals surface area contributed by atoms with Crippen molar-refractivity contribution in [2.75, 3.05) is 5.88 Å². The Hall–Kier alpha value is -1.86. The first kappa shape index (κ1) is 17.0. The number of carbonyl (C=O) groups is 1. The molecule has 0 saturated heterocycles. The van der Waals surface area contributed by atoms with Gasteiger partial charge in [-0.25, -0.2) is 4.63 Å². The average molecular weight is 354 g/mol. The molecule has 0 bridgehead atoms. The van der Waals surface area contributed by atoms with Gasteiger partial charge < -0.3 is 15.2 Å². The number of nitrogens with one attached hydrogen (secondary N) is 1. The van der Waals surface area contributed by atoms with E-state index in [9.17, 15) is 9.90 Å². The van der Waals surface area contributed by atoms with E-state index >= 15 is 0 Å². The third-order valence-electron chi connectivity index (χ3n) is 4.23. The highest BCUT2D eigenvalue weighted by Gasteiger charge is 2.43. The first-order valence-electron chi connectivity index (χ1n) is 7.91. The number of fused-ring (bicyclic) bond motifs is 2.